The van der Waals surface area contributed by atoms with Crippen molar-refractivity contribution >= 4 is 23.2 Å². The number of rotatable bonds is 6. The molecule has 0 spiro atoms. The van der Waals surface area contributed by atoms with Gasteiger partial charge in [-0.2, -0.15) is 0 Å². The molecule has 35 heavy (non-hydrogen) atoms. The van der Waals surface area contributed by atoms with Gasteiger partial charge in [0.2, 0.25) is 0 Å². The van der Waals surface area contributed by atoms with E-state index in [1.165, 1.54) is 11.8 Å². The lowest BCUT2D eigenvalue weighted by Gasteiger charge is -2.36. The Bertz CT molecular complexity index is 1130. The van der Waals surface area contributed by atoms with E-state index in [1.807, 2.05) is 53.4 Å². The monoisotopic (exact) mass is 499 g/mol. The number of hydrogen-bond donors (Lipinski definition) is 3. The first kappa shape index (κ1) is 24.9. The summed E-state index contributed by atoms with van der Waals surface area (Å²) in [7, 11) is 1.86. The van der Waals surface area contributed by atoms with E-state index in [0.717, 1.165) is 24.2 Å². The first-order chi connectivity index (χ1) is 16.9. The molecule has 0 saturated carbocycles. The third-order valence-corrected chi connectivity index (χ3v) is 7.04. The second-order valence-electron chi connectivity index (χ2n) is 8.81. The van der Waals surface area contributed by atoms with E-state index < -0.39 is 5.82 Å². The fourth-order valence-electron chi connectivity index (χ4n) is 4.52. The first-order valence-electron chi connectivity index (χ1n) is 11.9. The minimum absolute atomic E-state index is 0.0222. The number of likely N-dealkylation sites (N-methyl/N-ethyl adjacent to an activating group) is 1. The summed E-state index contributed by atoms with van der Waals surface area (Å²) >= 11 is 6.29. The molecule has 0 atom stereocenters. The van der Waals surface area contributed by atoms with Gasteiger partial charge in [0.05, 0.1) is 17.8 Å². The van der Waals surface area contributed by atoms with Gasteiger partial charge in [-0.05, 0) is 36.2 Å². The third kappa shape index (κ3) is 5.55. The highest BCUT2D eigenvalue weighted by molar-refractivity contribution is 6.31. The predicted molar refractivity (Wildman–Crippen MR) is 137 cm³/mol. The Morgan fingerprint density at radius 1 is 1.14 bits per heavy atom. The van der Waals surface area contributed by atoms with Crippen LogP contribution in [0, 0.1) is 12.7 Å². The van der Waals surface area contributed by atoms with Crippen LogP contribution >= 0.6 is 11.6 Å². The number of benzene rings is 2. The highest BCUT2D eigenvalue weighted by Gasteiger charge is 2.28. The Kier molecular flexibility index (Phi) is 7.83. The van der Waals surface area contributed by atoms with E-state index in [1.54, 1.807) is 6.07 Å². The van der Waals surface area contributed by atoms with Crippen LogP contribution in [-0.4, -0.2) is 62.0 Å². The minimum Gasteiger partial charge on any atom is -0.384 e. The zero-order valence-electron chi connectivity index (χ0n) is 20.2. The van der Waals surface area contributed by atoms with Gasteiger partial charge < -0.3 is 31.1 Å². The Labute approximate surface area is 211 Å². The maximum absolute atomic E-state index is 14.1. The van der Waals surface area contributed by atoms with Gasteiger partial charge in [-0.15, -0.1) is 0 Å². The van der Waals surface area contributed by atoms with E-state index in [2.05, 4.69) is 22.3 Å². The van der Waals surface area contributed by atoms with Crippen LogP contribution < -0.4 is 21.3 Å². The molecule has 1 saturated heterocycles. The number of piperazine rings is 1. The smallest absolute Gasteiger partial charge is 0.307 e. The normalized spacial score (nSPS) is 17.0. The average Bonchev–Trinajstić information content (AvgIpc) is 2.89. The van der Waals surface area contributed by atoms with Gasteiger partial charge in [-0.3, -0.25) is 4.79 Å². The van der Waals surface area contributed by atoms with Crippen LogP contribution in [0.5, 0.6) is 0 Å². The molecule has 0 bridgehead atoms. The van der Waals surface area contributed by atoms with Gasteiger partial charge in [-0.1, -0.05) is 35.9 Å². The summed E-state index contributed by atoms with van der Waals surface area (Å²) in [5.74, 6) is 0.0253. The number of quaternary nitrogens is 1. The zero-order chi connectivity index (χ0) is 24.9. The first-order valence-corrected chi connectivity index (χ1v) is 12.3. The molecule has 0 aliphatic carbocycles. The van der Waals surface area contributed by atoms with Crippen molar-refractivity contribution < 1.29 is 14.5 Å². The maximum atomic E-state index is 14.1. The van der Waals surface area contributed by atoms with Crippen molar-refractivity contribution in [1.82, 2.24) is 15.1 Å². The van der Waals surface area contributed by atoms with Gasteiger partial charge in [0.25, 0.3) is 0 Å². The van der Waals surface area contributed by atoms with Gasteiger partial charge in [0, 0.05) is 57.6 Å². The van der Waals surface area contributed by atoms with E-state index in [9.17, 15) is 9.18 Å². The summed E-state index contributed by atoms with van der Waals surface area (Å²) < 4.78 is 14.1. The topological polar surface area (TPSA) is 81.4 Å². The number of nitrogens with one attached hydrogen (secondary N) is 1. The van der Waals surface area contributed by atoms with Crippen molar-refractivity contribution in [3.8, 4) is 0 Å². The van der Waals surface area contributed by atoms with E-state index in [-0.39, 0.29) is 10.9 Å². The minimum atomic E-state index is -0.441. The molecule has 0 radical (unpaired) electrons. The van der Waals surface area contributed by atoms with Gasteiger partial charge in [-0.25, -0.2) is 4.39 Å². The molecule has 2 aromatic carbocycles. The van der Waals surface area contributed by atoms with E-state index >= 15 is 0 Å². The molecule has 1 fully saturated rings. The molecule has 5 N–H and O–H groups in total. The summed E-state index contributed by atoms with van der Waals surface area (Å²) in [6.07, 6.45) is 1.83. The average molecular weight is 500 g/mol. The number of aryl methyl sites for hydroxylation is 1. The summed E-state index contributed by atoms with van der Waals surface area (Å²) in [6.45, 7) is 6.47. The standard InChI is InChI=1S/C26H32ClFN6O/c1-18-8-9-21(28)24(27)20(18)17-34-11-10-31-25(29)23(34)16-22(30-2)26(35)33-14-12-32(13-15-33)19-6-4-3-5-7-19/h3-9,16,30-31H,10-15,17,29H2,1-2H3/p+1/b22-16-. The van der Waals surface area contributed by atoms with Crippen molar-refractivity contribution in [1.29, 1.82) is 0 Å². The highest BCUT2D eigenvalue weighted by Crippen LogP contribution is 2.27. The molecule has 1 amide bonds. The second-order valence-corrected chi connectivity index (χ2v) is 9.19. The van der Waals surface area contributed by atoms with Crippen molar-refractivity contribution in [2.24, 2.45) is 5.73 Å². The molecular weight excluding hydrogens is 467 g/mol. The van der Waals surface area contributed by atoms with E-state index in [0.29, 0.717) is 49.9 Å². The molecule has 2 heterocycles. The van der Waals surface area contributed by atoms with E-state index in [4.69, 9.17) is 17.3 Å². The second kappa shape index (κ2) is 11.0. The number of amides is 1. The predicted octanol–water partition coefficient (Wildman–Crippen LogP) is 1.75. The largest absolute Gasteiger partial charge is 0.384 e. The number of carbonyl (C=O) groups excluding carboxylic acids is 1. The van der Waals surface area contributed by atoms with Crippen LogP contribution in [0.4, 0.5) is 10.1 Å². The fraction of sp³-hybridized carbons (Fsp3) is 0.346. The number of para-hydroxylation sites is 1. The number of hydrogen-bond acceptors (Lipinski definition) is 5. The highest BCUT2D eigenvalue weighted by atomic mass is 35.5. The lowest BCUT2D eigenvalue weighted by molar-refractivity contribution is -0.570. The van der Waals surface area contributed by atoms with Crippen molar-refractivity contribution in [3.05, 3.63) is 87.7 Å². The molecule has 2 aliphatic heterocycles. The Morgan fingerprint density at radius 3 is 2.54 bits per heavy atom. The van der Waals surface area contributed by atoms with Gasteiger partial charge in [0.1, 0.15) is 11.6 Å². The fourth-order valence-corrected chi connectivity index (χ4v) is 4.79. The maximum Gasteiger partial charge on any atom is 0.307 e. The molecular formula is C26H33ClFN6O+. The molecule has 186 valence electrons. The molecule has 7 nitrogen and oxygen atoms in total. The van der Waals surface area contributed by atoms with Crippen LogP contribution in [-0.2, 0) is 11.3 Å². The van der Waals surface area contributed by atoms with Crippen LogP contribution in [0.15, 0.2) is 65.8 Å². The quantitative estimate of drug-likeness (QED) is 0.528. The number of nitrogens with zero attached hydrogens (tertiary/aromatic N) is 3. The lowest BCUT2D eigenvalue weighted by Crippen LogP contribution is -2.80. The number of halogens is 2. The zero-order valence-corrected chi connectivity index (χ0v) is 21.0. The number of nitrogens with two attached hydrogens (primary N) is 2. The third-order valence-electron chi connectivity index (χ3n) is 6.63. The van der Waals surface area contributed by atoms with Gasteiger partial charge in [0.15, 0.2) is 5.70 Å². The lowest BCUT2D eigenvalue weighted by atomic mass is 10.1. The number of allylic oxidation sites excluding steroid dienone is 1. The molecule has 0 aromatic heterocycles. The van der Waals surface area contributed by atoms with Crippen LogP contribution in [0.3, 0.4) is 0 Å². The Hall–Kier alpha value is -3.23. The summed E-state index contributed by atoms with van der Waals surface area (Å²) in [6, 6.07) is 13.4. The SMILES string of the molecule is C[NH2+]/C(=C\C1=C(N)NCCN1Cc1c(C)ccc(F)c1Cl)C(=O)N1CCN(c2ccccc2)CC1. The van der Waals surface area contributed by atoms with Crippen molar-refractivity contribution in [2.75, 3.05) is 51.2 Å². The summed E-state index contributed by atoms with van der Waals surface area (Å²) in [4.78, 5) is 19.6. The molecule has 9 heteroatoms. The van der Waals surface area contributed by atoms with Crippen molar-refractivity contribution in [2.45, 2.75) is 13.5 Å². The Morgan fingerprint density at radius 2 is 1.86 bits per heavy atom. The summed E-state index contributed by atoms with van der Waals surface area (Å²) in [5.41, 5.74) is 10.4. The molecule has 2 aliphatic rings. The number of anilines is 1. The van der Waals surface area contributed by atoms with Crippen LogP contribution in [0.1, 0.15) is 11.1 Å². The van der Waals surface area contributed by atoms with Crippen LogP contribution in [0.2, 0.25) is 5.02 Å². The molecule has 0 unspecified atom stereocenters. The van der Waals surface area contributed by atoms with Crippen LogP contribution in [0.25, 0.3) is 0 Å². The summed E-state index contributed by atoms with van der Waals surface area (Å²) in [5, 5.41) is 5.12. The van der Waals surface area contributed by atoms with Crippen molar-refractivity contribution in [3.63, 3.8) is 0 Å². The van der Waals surface area contributed by atoms with Gasteiger partial charge >= 0.3 is 5.91 Å². The molecule has 2 aromatic rings. The number of carbonyl (C=O) groups is 1. The molecule has 4 rings (SSSR count). The Balaban J connectivity index is 1.51.